The van der Waals surface area contributed by atoms with Crippen LogP contribution in [0.5, 0.6) is 5.88 Å². The summed E-state index contributed by atoms with van der Waals surface area (Å²) in [4.78, 5) is 0. The standard InChI is InChI=1S/C8H12N4O2.C2H6/c1-6(5-13)12-4-7(10)8(11-12)14-3-2-9;1-2/h4,6,13H,3,5,10H2,1H3;1-2H3. The number of hydrogen-bond acceptors (Lipinski definition) is 5. The van der Waals surface area contributed by atoms with Gasteiger partial charge in [0.2, 0.25) is 0 Å². The number of aliphatic hydroxyl groups is 1. The molecule has 90 valence electrons. The van der Waals surface area contributed by atoms with Crippen LogP contribution in [-0.4, -0.2) is 28.1 Å². The third-order valence-electron chi connectivity index (χ3n) is 1.71. The van der Waals surface area contributed by atoms with Gasteiger partial charge in [0, 0.05) is 0 Å². The van der Waals surface area contributed by atoms with Crippen molar-refractivity contribution in [1.82, 2.24) is 9.78 Å². The Hall–Kier alpha value is -1.74. The van der Waals surface area contributed by atoms with Gasteiger partial charge in [-0.05, 0) is 6.92 Å². The minimum atomic E-state index is -0.156. The Morgan fingerprint density at radius 1 is 1.69 bits per heavy atom. The molecule has 0 bridgehead atoms. The average Bonchev–Trinajstić information content (AvgIpc) is 2.69. The van der Waals surface area contributed by atoms with Crippen molar-refractivity contribution in [2.24, 2.45) is 0 Å². The van der Waals surface area contributed by atoms with Crippen molar-refractivity contribution >= 4 is 5.69 Å². The van der Waals surface area contributed by atoms with Crippen LogP contribution in [0.25, 0.3) is 0 Å². The minimum absolute atomic E-state index is 0.0290. The number of hydrogen-bond donors (Lipinski definition) is 2. The Morgan fingerprint density at radius 3 is 2.81 bits per heavy atom. The molecule has 0 aliphatic carbocycles. The third kappa shape index (κ3) is 3.79. The van der Waals surface area contributed by atoms with Gasteiger partial charge in [0.1, 0.15) is 11.8 Å². The predicted molar refractivity (Wildman–Crippen MR) is 60.9 cm³/mol. The number of ether oxygens (including phenoxy) is 1. The second kappa shape index (κ2) is 7.54. The van der Waals surface area contributed by atoms with Gasteiger partial charge >= 0.3 is 0 Å². The lowest BCUT2D eigenvalue weighted by Gasteiger charge is -2.06. The van der Waals surface area contributed by atoms with E-state index in [9.17, 15) is 0 Å². The first kappa shape index (κ1) is 14.3. The zero-order valence-corrected chi connectivity index (χ0v) is 9.84. The van der Waals surface area contributed by atoms with Crippen molar-refractivity contribution in [3.8, 4) is 11.9 Å². The molecular weight excluding hydrogens is 208 g/mol. The van der Waals surface area contributed by atoms with Crippen LogP contribution in [-0.2, 0) is 0 Å². The summed E-state index contributed by atoms with van der Waals surface area (Å²) in [6.07, 6.45) is 1.56. The summed E-state index contributed by atoms with van der Waals surface area (Å²) >= 11 is 0. The number of nitrogens with two attached hydrogens (primary N) is 1. The molecule has 0 saturated carbocycles. The van der Waals surface area contributed by atoms with Gasteiger partial charge in [0.25, 0.3) is 5.88 Å². The first-order valence-corrected chi connectivity index (χ1v) is 5.14. The van der Waals surface area contributed by atoms with Crippen molar-refractivity contribution < 1.29 is 9.84 Å². The van der Waals surface area contributed by atoms with Crippen LogP contribution in [0.1, 0.15) is 26.8 Å². The molecule has 1 aromatic rings. The van der Waals surface area contributed by atoms with E-state index < -0.39 is 0 Å². The molecule has 16 heavy (non-hydrogen) atoms. The summed E-state index contributed by atoms with van der Waals surface area (Å²) in [6.45, 7) is 5.67. The molecule has 0 aliphatic rings. The SMILES string of the molecule is CC.CC(CO)n1cc(N)c(OCC#N)n1. The van der Waals surface area contributed by atoms with E-state index in [-0.39, 0.29) is 25.1 Å². The molecule has 1 unspecified atom stereocenters. The van der Waals surface area contributed by atoms with Crippen LogP contribution in [0.15, 0.2) is 6.20 Å². The summed E-state index contributed by atoms with van der Waals surface area (Å²) in [6, 6.07) is 1.66. The number of rotatable bonds is 4. The fraction of sp³-hybridized carbons (Fsp3) is 0.600. The molecule has 0 amide bonds. The lowest BCUT2D eigenvalue weighted by molar-refractivity contribution is 0.227. The topological polar surface area (TPSA) is 97.1 Å². The van der Waals surface area contributed by atoms with Gasteiger partial charge in [-0.3, -0.25) is 4.68 Å². The lowest BCUT2D eigenvalue weighted by Crippen LogP contribution is -2.09. The van der Waals surface area contributed by atoms with E-state index in [1.165, 1.54) is 4.68 Å². The summed E-state index contributed by atoms with van der Waals surface area (Å²) in [5, 5.41) is 21.1. The highest BCUT2D eigenvalue weighted by atomic mass is 16.5. The van der Waals surface area contributed by atoms with E-state index in [0.717, 1.165) is 0 Å². The molecule has 0 radical (unpaired) electrons. The van der Waals surface area contributed by atoms with Crippen LogP contribution < -0.4 is 10.5 Å². The summed E-state index contributed by atoms with van der Waals surface area (Å²) < 4.78 is 6.46. The summed E-state index contributed by atoms with van der Waals surface area (Å²) in [5.41, 5.74) is 5.94. The first-order chi connectivity index (χ1) is 7.69. The molecule has 0 aliphatic heterocycles. The first-order valence-electron chi connectivity index (χ1n) is 5.14. The minimum Gasteiger partial charge on any atom is -0.460 e. The number of nitrogen functional groups attached to an aromatic ring is 1. The molecule has 0 fully saturated rings. The van der Waals surface area contributed by atoms with E-state index >= 15 is 0 Å². The Balaban J connectivity index is 0.00000106. The third-order valence-corrected chi connectivity index (χ3v) is 1.71. The van der Waals surface area contributed by atoms with E-state index in [2.05, 4.69) is 5.10 Å². The summed E-state index contributed by atoms with van der Waals surface area (Å²) in [5.74, 6) is 0.229. The second-order valence-electron chi connectivity index (χ2n) is 2.85. The molecular formula is C10H18N4O2. The lowest BCUT2D eigenvalue weighted by atomic mass is 10.4. The highest BCUT2D eigenvalue weighted by Gasteiger charge is 2.10. The van der Waals surface area contributed by atoms with Crippen LogP contribution in [0.4, 0.5) is 5.69 Å². The van der Waals surface area contributed by atoms with Gasteiger partial charge in [-0.25, -0.2) is 0 Å². The molecule has 0 spiro atoms. The Labute approximate surface area is 95.2 Å². The maximum absolute atomic E-state index is 8.87. The smallest absolute Gasteiger partial charge is 0.257 e. The number of anilines is 1. The molecule has 6 heteroatoms. The average molecular weight is 226 g/mol. The van der Waals surface area contributed by atoms with Crippen LogP contribution in [0.2, 0.25) is 0 Å². The molecule has 1 rings (SSSR count). The molecule has 1 atom stereocenters. The number of aromatic nitrogens is 2. The van der Waals surface area contributed by atoms with Crippen molar-refractivity contribution in [3.05, 3.63) is 6.20 Å². The normalized spacial score (nSPS) is 10.9. The van der Waals surface area contributed by atoms with Gasteiger partial charge in [-0.2, -0.15) is 5.26 Å². The van der Waals surface area contributed by atoms with Gasteiger partial charge in [-0.1, -0.05) is 13.8 Å². The molecule has 6 nitrogen and oxygen atoms in total. The highest BCUT2D eigenvalue weighted by molar-refractivity contribution is 5.46. The van der Waals surface area contributed by atoms with E-state index in [1.807, 2.05) is 19.9 Å². The predicted octanol–water partition coefficient (Wildman–Crippen LogP) is 0.947. The van der Waals surface area contributed by atoms with Gasteiger partial charge in [0.05, 0.1) is 18.8 Å². The maximum atomic E-state index is 8.87. The molecule has 1 aromatic heterocycles. The van der Waals surface area contributed by atoms with Crippen molar-refractivity contribution in [1.29, 1.82) is 5.26 Å². The largest absolute Gasteiger partial charge is 0.460 e. The second-order valence-corrected chi connectivity index (χ2v) is 2.85. The van der Waals surface area contributed by atoms with E-state index in [1.54, 1.807) is 13.1 Å². The number of nitrogens with zero attached hydrogens (tertiary/aromatic N) is 3. The number of aliphatic hydroxyl groups excluding tert-OH is 1. The quantitative estimate of drug-likeness (QED) is 0.796. The summed E-state index contributed by atoms with van der Waals surface area (Å²) in [7, 11) is 0. The van der Waals surface area contributed by atoms with Crippen LogP contribution in [0.3, 0.4) is 0 Å². The van der Waals surface area contributed by atoms with Crippen molar-refractivity contribution in [2.45, 2.75) is 26.8 Å². The fourth-order valence-electron chi connectivity index (χ4n) is 0.911. The number of nitriles is 1. The fourth-order valence-corrected chi connectivity index (χ4v) is 0.911. The van der Waals surface area contributed by atoms with Crippen LogP contribution in [0, 0.1) is 11.3 Å². The van der Waals surface area contributed by atoms with Gasteiger partial charge in [0.15, 0.2) is 6.61 Å². The molecule has 0 saturated heterocycles. The highest BCUT2D eigenvalue weighted by Crippen LogP contribution is 2.20. The van der Waals surface area contributed by atoms with E-state index in [4.69, 9.17) is 20.8 Å². The van der Waals surface area contributed by atoms with Gasteiger partial charge in [-0.15, -0.1) is 5.10 Å². The molecule has 1 heterocycles. The maximum Gasteiger partial charge on any atom is 0.257 e. The zero-order valence-electron chi connectivity index (χ0n) is 9.84. The molecule has 0 aromatic carbocycles. The van der Waals surface area contributed by atoms with Gasteiger partial charge < -0.3 is 15.6 Å². The van der Waals surface area contributed by atoms with Crippen molar-refractivity contribution in [2.75, 3.05) is 18.9 Å². The van der Waals surface area contributed by atoms with Crippen LogP contribution >= 0.6 is 0 Å². The Bertz CT molecular complexity index is 343. The zero-order chi connectivity index (χ0) is 12.6. The van der Waals surface area contributed by atoms with E-state index in [0.29, 0.717) is 5.69 Å². The monoisotopic (exact) mass is 226 g/mol. The Morgan fingerprint density at radius 2 is 2.31 bits per heavy atom. The molecule has 3 N–H and O–H groups in total. The van der Waals surface area contributed by atoms with Crippen molar-refractivity contribution in [3.63, 3.8) is 0 Å². The Kier molecular flexibility index (Phi) is 6.72.